The average molecular weight is 535 g/mol. The van der Waals surface area contributed by atoms with E-state index >= 15 is 0 Å². The van der Waals surface area contributed by atoms with E-state index in [9.17, 15) is 9.90 Å². The highest BCUT2D eigenvalue weighted by molar-refractivity contribution is 7.21. The predicted octanol–water partition coefficient (Wildman–Crippen LogP) is 4.35. The number of ether oxygens (including phenoxy) is 2. The summed E-state index contributed by atoms with van der Waals surface area (Å²) in [7, 11) is 1.53. The first-order valence-corrected chi connectivity index (χ1v) is 13.2. The number of methoxy groups -OCH3 is 1. The Morgan fingerprint density at radius 2 is 2.03 bits per heavy atom. The number of anilines is 3. The standard InChI is InChI=1S/C27H30N6O4S/c1-15(2)37-20-13-16(33-11-8-17(34)9-12-33)6-7-19(20)31-27-30-14-21-23(32-27)22(24(38-21)25(28)35)18-5-4-10-29-26(18)36-3/h4-7,10,13-15,17,34H,8-9,11-12H2,1-3H3,(H2,28,35)(H,30,31,32). The fourth-order valence-electron chi connectivity index (χ4n) is 4.53. The smallest absolute Gasteiger partial charge is 0.259 e. The minimum absolute atomic E-state index is 0.0444. The van der Waals surface area contributed by atoms with Crippen molar-refractivity contribution < 1.29 is 19.4 Å². The van der Waals surface area contributed by atoms with Gasteiger partial charge in [0, 0.05) is 42.2 Å². The van der Waals surface area contributed by atoms with Gasteiger partial charge in [-0.1, -0.05) is 0 Å². The summed E-state index contributed by atoms with van der Waals surface area (Å²) in [5, 5.41) is 13.2. The molecule has 1 fully saturated rings. The van der Waals surface area contributed by atoms with Crippen molar-refractivity contribution in [2.75, 3.05) is 30.4 Å². The second kappa shape index (κ2) is 10.8. The van der Waals surface area contributed by atoms with Crippen LogP contribution in [0.25, 0.3) is 21.3 Å². The van der Waals surface area contributed by atoms with Crippen LogP contribution in [-0.2, 0) is 0 Å². The molecule has 0 saturated carbocycles. The van der Waals surface area contributed by atoms with E-state index in [1.807, 2.05) is 38.1 Å². The predicted molar refractivity (Wildman–Crippen MR) is 149 cm³/mol. The first-order valence-electron chi connectivity index (χ1n) is 12.4. The lowest BCUT2D eigenvalue weighted by Crippen LogP contribution is -2.35. The van der Waals surface area contributed by atoms with Crippen LogP contribution in [0.3, 0.4) is 0 Å². The van der Waals surface area contributed by atoms with Crippen LogP contribution >= 0.6 is 11.3 Å². The maximum Gasteiger partial charge on any atom is 0.259 e. The van der Waals surface area contributed by atoms with Crippen molar-refractivity contribution >= 4 is 44.8 Å². The number of aromatic nitrogens is 3. The molecule has 4 heterocycles. The number of aliphatic hydroxyl groups excluding tert-OH is 1. The Balaban J connectivity index is 1.54. The fourth-order valence-corrected chi connectivity index (χ4v) is 5.51. The first-order chi connectivity index (χ1) is 18.3. The van der Waals surface area contributed by atoms with E-state index in [1.165, 1.54) is 18.4 Å². The zero-order chi connectivity index (χ0) is 26.8. The van der Waals surface area contributed by atoms with Gasteiger partial charge < -0.3 is 30.5 Å². The molecule has 1 aliphatic heterocycles. The molecule has 0 atom stereocenters. The van der Waals surface area contributed by atoms with Crippen molar-refractivity contribution in [3.05, 3.63) is 47.6 Å². The molecular formula is C27H30N6O4S. The topological polar surface area (TPSA) is 136 Å². The summed E-state index contributed by atoms with van der Waals surface area (Å²) in [4.78, 5) is 28.5. The molecule has 1 amide bonds. The van der Waals surface area contributed by atoms with Crippen molar-refractivity contribution in [3.8, 4) is 22.8 Å². The summed E-state index contributed by atoms with van der Waals surface area (Å²) >= 11 is 1.23. The van der Waals surface area contributed by atoms with Gasteiger partial charge in [-0.25, -0.2) is 15.0 Å². The quantitative estimate of drug-likeness (QED) is 0.301. The molecular weight excluding hydrogens is 504 g/mol. The number of aliphatic hydroxyl groups is 1. The maximum absolute atomic E-state index is 12.3. The second-order valence-corrected chi connectivity index (χ2v) is 10.4. The van der Waals surface area contributed by atoms with Crippen LogP contribution in [0.4, 0.5) is 17.3 Å². The van der Waals surface area contributed by atoms with E-state index in [4.69, 9.17) is 20.2 Å². The molecule has 1 aromatic carbocycles. The van der Waals surface area contributed by atoms with Gasteiger partial charge in [0.05, 0.1) is 41.4 Å². The lowest BCUT2D eigenvalue weighted by Gasteiger charge is -2.32. The Kier molecular flexibility index (Phi) is 7.30. The van der Waals surface area contributed by atoms with Gasteiger partial charge in [0.15, 0.2) is 0 Å². The minimum Gasteiger partial charge on any atom is -0.489 e. The summed E-state index contributed by atoms with van der Waals surface area (Å²) in [6.07, 6.45) is 4.49. The van der Waals surface area contributed by atoms with Gasteiger partial charge in [0.1, 0.15) is 10.6 Å². The number of carbonyl (C=O) groups excluding carboxylic acids is 1. The summed E-state index contributed by atoms with van der Waals surface area (Å²) in [6.45, 7) is 5.52. The third-order valence-electron chi connectivity index (χ3n) is 6.29. The molecule has 38 heavy (non-hydrogen) atoms. The molecule has 1 aliphatic rings. The number of nitrogens with zero attached hydrogens (tertiary/aromatic N) is 4. The van der Waals surface area contributed by atoms with Crippen molar-refractivity contribution in [1.29, 1.82) is 0 Å². The summed E-state index contributed by atoms with van der Waals surface area (Å²) in [5.74, 6) is 0.829. The van der Waals surface area contributed by atoms with E-state index in [0.717, 1.165) is 31.6 Å². The average Bonchev–Trinajstić information content (AvgIpc) is 3.29. The number of nitrogens with one attached hydrogen (secondary N) is 1. The SMILES string of the molecule is COc1ncccc1-c1c(C(N)=O)sc2cnc(Nc3ccc(N4CCC(O)CC4)cc3OC(C)C)nc12. The maximum atomic E-state index is 12.3. The highest BCUT2D eigenvalue weighted by atomic mass is 32.1. The van der Waals surface area contributed by atoms with E-state index in [1.54, 1.807) is 18.5 Å². The van der Waals surface area contributed by atoms with E-state index in [2.05, 4.69) is 20.2 Å². The number of nitrogens with two attached hydrogens (primary N) is 1. The Bertz CT molecular complexity index is 1470. The molecule has 11 heteroatoms. The molecule has 0 unspecified atom stereocenters. The van der Waals surface area contributed by atoms with Crippen LogP contribution in [0.1, 0.15) is 36.4 Å². The van der Waals surface area contributed by atoms with Gasteiger partial charge in [-0.15, -0.1) is 11.3 Å². The first kappa shape index (κ1) is 25.7. The summed E-state index contributed by atoms with van der Waals surface area (Å²) in [6, 6.07) is 9.56. The van der Waals surface area contributed by atoms with Gasteiger partial charge >= 0.3 is 0 Å². The molecule has 4 N–H and O–H groups in total. The molecule has 0 radical (unpaired) electrons. The fraction of sp³-hybridized carbons (Fsp3) is 0.333. The Hall–Kier alpha value is -3.96. The van der Waals surface area contributed by atoms with Crippen molar-refractivity contribution in [1.82, 2.24) is 15.0 Å². The number of hydrogen-bond acceptors (Lipinski definition) is 10. The molecule has 198 valence electrons. The van der Waals surface area contributed by atoms with E-state index < -0.39 is 5.91 Å². The van der Waals surface area contributed by atoms with Gasteiger partial charge in [-0.2, -0.15) is 0 Å². The lowest BCUT2D eigenvalue weighted by molar-refractivity contribution is 0.100. The molecule has 0 bridgehead atoms. The number of amides is 1. The minimum atomic E-state index is -0.558. The van der Waals surface area contributed by atoms with Gasteiger partial charge in [0.25, 0.3) is 5.91 Å². The van der Waals surface area contributed by atoms with E-state index in [-0.39, 0.29) is 12.2 Å². The number of fused-ring (bicyclic) bond motifs is 1. The van der Waals surface area contributed by atoms with Crippen LogP contribution in [0.2, 0.25) is 0 Å². The number of hydrogen-bond donors (Lipinski definition) is 3. The van der Waals surface area contributed by atoms with E-state index in [0.29, 0.717) is 49.5 Å². The van der Waals surface area contributed by atoms with Crippen LogP contribution in [-0.4, -0.2) is 58.4 Å². The molecule has 10 nitrogen and oxygen atoms in total. The number of benzene rings is 1. The highest BCUT2D eigenvalue weighted by Crippen LogP contribution is 2.41. The second-order valence-electron chi connectivity index (χ2n) is 9.33. The van der Waals surface area contributed by atoms with Crippen molar-refractivity contribution in [2.45, 2.75) is 38.9 Å². The third kappa shape index (κ3) is 5.20. The summed E-state index contributed by atoms with van der Waals surface area (Å²) < 4.78 is 12.3. The molecule has 0 aliphatic carbocycles. The zero-order valence-electron chi connectivity index (χ0n) is 21.5. The highest BCUT2D eigenvalue weighted by Gasteiger charge is 2.24. The van der Waals surface area contributed by atoms with Crippen LogP contribution in [0, 0.1) is 0 Å². The van der Waals surface area contributed by atoms with Gasteiger partial charge in [0.2, 0.25) is 11.8 Å². The van der Waals surface area contributed by atoms with Crippen molar-refractivity contribution in [3.63, 3.8) is 0 Å². The Labute approximate surface area is 224 Å². The van der Waals surface area contributed by atoms with Crippen molar-refractivity contribution in [2.24, 2.45) is 5.73 Å². The molecule has 0 spiro atoms. The number of carbonyl (C=O) groups is 1. The van der Waals surface area contributed by atoms with Gasteiger partial charge in [-0.3, -0.25) is 4.79 Å². The largest absolute Gasteiger partial charge is 0.489 e. The third-order valence-corrected chi connectivity index (χ3v) is 7.42. The van der Waals surface area contributed by atoms with Crippen LogP contribution < -0.4 is 25.4 Å². The Morgan fingerprint density at radius 3 is 2.74 bits per heavy atom. The zero-order valence-corrected chi connectivity index (χ0v) is 22.3. The molecule has 1 saturated heterocycles. The molecule has 3 aromatic heterocycles. The molecule has 5 rings (SSSR count). The molecule has 4 aromatic rings. The van der Waals surface area contributed by atoms with Gasteiger partial charge in [-0.05, 0) is 51.0 Å². The number of thiophene rings is 1. The summed E-state index contributed by atoms with van der Waals surface area (Å²) in [5.41, 5.74) is 9.24. The van der Waals surface area contributed by atoms with Crippen LogP contribution in [0.5, 0.6) is 11.6 Å². The normalized spacial score (nSPS) is 14.2. The number of primary amides is 1. The van der Waals surface area contributed by atoms with Crippen LogP contribution in [0.15, 0.2) is 42.7 Å². The number of pyridine rings is 1. The Morgan fingerprint density at radius 1 is 1.24 bits per heavy atom. The number of rotatable bonds is 8. The monoisotopic (exact) mass is 534 g/mol. The number of piperidine rings is 1. The lowest BCUT2D eigenvalue weighted by atomic mass is 10.1.